The monoisotopic (exact) mass is 426 g/mol. The molecule has 0 amide bonds. The molecule has 0 aromatic heterocycles. The first-order valence-electron chi connectivity index (χ1n) is 6.63. The van der Waals surface area contributed by atoms with Crippen molar-refractivity contribution in [3.8, 4) is 0 Å². The molecule has 0 saturated heterocycles. The standard InChI is InChI=1S/C15H21Br2ClO2/c1-19-8-9-20-7-3-6-15(11-16,12-17)13-4-2-5-14(18)10-13/h2,4-5,10H,3,6-9,11-12H2,1H3. The highest BCUT2D eigenvalue weighted by molar-refractivity contribution is 9.09. The minimum absolute atomic E-state index is 0.0511. The van der Waals surface area contributed by atoms with Gasteiger partial charge in [0.2, 0.25) is 0 Å². The molecule has 0 unspecified atom stereocenters. The van der Waals surface area contributed by atoms with Crippen molar-refractivity contribution in [3.05, 3.63) is 34.9 Å². The maximum atomic E-state index is 6.11. The summed E-state index contributed by atoms with van der Waals surface area (Å²) in [5, 5.41) is 2.57. The second-order valence-electron chi connectivity index (χ2n) is 4.77. The van der Waals surface area contributed by atoms with Gasteiger partial charge in [-0.15, -0.1) is 0 Å². The zero-order valence-electron chi connectivity index (χ0n) is 11.7. The maximum Gasteiger partial charge on any atom is 0.0700 e. The number of hydrogen-bond acceptors (Lipinski definition) is 2. The number of halogens is 3. The van der Waals surface area contributed by atoms with Gasteiger partial charge in [-0.05, 0) is 30.5 Å². The molecule has 1 aromatic carbocycles. The fourth-order valence-electron chi connectivity index (χ4n) is 2.04. The van der Waals surface area contributed by atoms with Gasteiger partial charge in [0, 0.05) is 34.8 Å². The highest BCUT2D eigenvalue weighted by Crippen LogP contribution is 2.34. The quantitative estimate of drug-likeness (QED) is 0.393. The summed E-state index contributed by atoms with van der Waals surface area (Å²) < 4.78 is 10.5. The Hall–Kier alpha value is 0.390. The second kappa shape index (κ2) is 10.2. The third-order valence-electron chi connectivity index (χ3n) is 3.32. The van der Waals surface area contributed by atoms with Crippen LogP contribution in [-0.2, 0) is 14.9 Å². The number of hydrogen-bond donors (Lipinski definition) is 0. The van der Waals surface area contributed by atoms with Crippen molar-refractivity contribution in [2.75, 3.05) is 37.6 Å². The Kier molecular flexibility index (Phi) is 9.38. The predicted molar refractivity (Wildman–Crippen MR) is 92.6 cm³/mol. The molecule has 0 atom stereocenters. The normalized spacial score (nSPS) is 11.8. The largest absolute Gasteiger partial charge is 0.382 e. The minimum Gasteiger partial charge on any atom is -0.382 e. The number of ether oxygens (including phenoxy) is 2. The Labute approximate surface area is 143 Å². The smallest absolute Gasteiger partial charge is 0.0700 e. The average molecular weight is 429 g/mol. The molecule has 0 radical (unpaired) electrons. The maximum absolute atomic E-state index is 6.11. The summed E-state index contributed by atoms with van der Waals surface area (Å²) >= 11 is 13.4. The van der Waals surface area contributed by atoms with Crippen molar-refractivity contribution < 1.29 is 9.47 Å². The van der Waals surface area contributed by atoms with Gasteiger partial charge in [0.15, 0.2) is 0 Å². The van der Waals surface area contributed by atoms with E-state index in [4.69, 9.17) is 21.1 Å². The van der Waals surface area contributed by atoms with Crippen LogP contribution in [0.15, 0.2) is 24.3 Å². The van der Waals surface area contributed by atoms with Crippen molar-refractivity contribution in [3.63, 3.8) is 0 Å². The summed E-state index contributed by atoms with van der Waals surface area (Å²) in [6.07, 6.45) is 2.05. The lowest BCUT2D eigenvalue weighted by atomic mass is 9.80. The van der Waals surface area contributed by atoms with Crippen LogP contribution in [0.2, 0.25) is 5.02 Å². The molecule has 0 N–H and O–H groups in total. The minimum atomic E-state index is 0.0511. The van der Waals surface area contributed by atoms with Crippen molar-refractivity contribution in [1.29, 1.82) is 0 Å². The molecule has 1 aromatic rings. The predicted octanol–water partition coefficient (Wildman–Crippen LogP) is 4.81. The zero-order valence-corrected chi connectivity index (χ0v) is 15.6. The van der Waals surface area contributed by atoms with Crippen molar-refractivity contribution in [2.24, 2.45) is 0 Å². The SMILES string of the molecule is COCCOCCCC(CBr)(CBr)c1cccc(Cl)c1. The Morgan fingerprint density at radius 3 is 2.50 bits per heavy atom. The number of alkyl halides is 2. The Morgan fingerprint density at radius 2 is 1.90 bits per heavy atom. The van der Waals surface area contributed by atoms with Gasteiger partial charge in [0.25, 0.3) is 0 Å². The van der Waals surface area contributed by atoms with Crippen LogP contribution in [-0.4, -0.2) is 37.6 Å². The second-order valence-corrected chi connectivity index (χ2v) is 6.32. The van der Waals surface area contributed by atoms with E-state index in [0.717, 1.165) is 35.1 Å². The first-order valence-corrected chi connectivity index (χ1v) is 9.25. The molecule has 0 saturated carbocycles. The lowest BCUT2D eigenvalue weighted by Gasteiger charge is -2.31. The van der Waals surface area contributed by atoms with Crippen LogP contribution < -0.4 is 0 Å². The Balaban J connectivity index is 2.58. The van der Waals surface area contributed by atoms with Crippen molar-refractivity contribution in [2.45, 2.75) is 18.3 Å². The lowest BCUT2D eigenvalue weighted by Crippen LogP contribution is -2.30. The summed E-state index contributed by atoms with van der Waals surface area (Å²) in [6.45, 7) is 2.06. The van der Waals surface area contributed by atoms with E-state index in [1.54, 1.807) is 7.11 Å². The molecule has 0 aliphatic rings. The van der Waals surface area contributed by atoms with Crippen molar-refractivity contribution in [1.82, 2.24) is 0 Å². The molecule has 0 heterocycles. The van der Waals surface area contributed by atoms with E-state index in [-0.39, 0.29) is 5.41 Å². The van der Waals surface area contributed by atoms with E-state index in [1.165, 1.54) is 5.56 Å². The van der Waals surface area contributed by atoms with Crippen LogP contribution in [0.3, 0.4) is 0 Å². The molecule has 2 nitrogen and oxygen atoms in total. The van der Waals surface area contributed by atoms with E-state index in [9.17, 15) is 0 Å². The summed E-state index contributed by atoms with van der Waals surface area (Å²) in [6, 6.07) is 8.11. The summed E-state index contributed by atoms with van der Waals surface area (Å²) in [5.41, 5.74) is 1.31. The molecule has 5 heteroatoms. The highest BCUT2D eigenvalue weighted by Gasteiger charge is 2.29. The average Bonchev–Trinajstić information content (AvgIpc) is 2.47. The molecule has 0 fully saturated rings. The fourth-order valence-corrected chi connectivity index (χ4v) is 4.37. The first-order chi connectivity index (χ1) is 9.68. The third kappa shape index (κ3) is 5.64. The van der Waals surface area contributed by atoms with Gasteiger partial charge < -0.3 is 9.47 Å². The summed E-state index contributed by atoms with van der Waals surface area (Å²) in [4.78, 5) is 0. The molecular formula is C15H21Br2ClO2. The lowest BCUT2D eigenvalue weighted by molar-refractivity contribution is 0.0671. The zero-order chi connectivity index (χ0) is 14.8. The van der Waals surface area contributed by atoms with Gasteiger partial charge in [-0.2, -0.15) is 0 Å². The van der Waals surface area contributed by atoms with Crippen LogP contribution in [0.25, 0.3) is 0 Å². The highest BCUT2D eigenvalue weighted by atomic mass is 79.9. The molecule has 0 spiro atoms. The molecule has 1 rings (SSSR count). The van der Waals surface area contributed by atoms with E-state index < -0.39 is 0 Å². The Bertz CT molecular complexity index is 384. The third-order valence-corrected chi connectivity index (χ3v) is 5.71. The van der Waals surface area contributed by atoms with Gasteiger partial charge in [-0.3, -0.25) is 0 Å². The van der Waals surface area contributed by atoms with E-state index >= 15 is 0 Å². The number of rotatable bonds is 10. The molecular weight excluding hydrogens is 407 g/mol. The van der Waals surface area contributed by atoms with Gasteiger partial charge >= 0.3 is 0 Å². The van der Waals surface area contributed by atoms with Crippen LogP contribution in [0.1, 0.15) is 18.4 Å². The van der Waals surface area contributed by atoms with Gasteiger partial charge in [0.1, 0.15) is 0 Å². The molecule has 0 aliphatic heterocycles. The van der Waals surface area contributed by atoms with Crippen LogP contribution in [0.4, 0.5) is 0 Å². The number of benzene rings is 1. The topological polar surface area (TPSA) is 18.5 Å². The van der Waals surface area contributed by atoms with Crippen LogP contribution in [0.5, 0.6) is 0 Å². The number of methoxy groups -OCH3 is 1. The van der Waals surface area contributed by atoms with Crippen LogP contribution in [0, 0.1) is 0 Å². The molecule has 114 valence electrons. The molecule has 0 bridgehead atoms. The van der Waals surface area contributed by atoms with Gasteiger partial charge in [-0.1, -0.05) is 55.6 Å². The van der Waals surface area contributed by atoms with Gasteiger partial charge in [-0.25, -0.2) is 0 Å². The first kappa shape index (κ1) is 18.4. The Morgan fingerprint density at radius 1 is 1.15 bits per heavy atom. The van der Waals surface area contributed by atoms with E-state index in [2.05, 4.69) is 44.0 Å². The molecule has 20 heavy (non-hydrogen) atoms. The summed E-state index contributed by atoms with van der Waals surface area (Å²) in [7, 11) is 1.68. The van der Waals surface area contributed by atoms with E-state index in [1.807, 2.05) is 12.1 Å². The fraction of sp³-hybridized carbons (Fsp3) is 0.600. The molecule has 0 aliphatic carbocycles. The van der Waals surface area contributed by atoms with Gasteiger partial charge in [0.05, 0.1) is 13.2 Å². The van der Waals surface area contributed by atoms with Crippen molar-refractivity contribution >= 4 is 43.5 Å². The van der Waals surface area contributed by atoms with E-state index in [0.29, 0.717) is 13.2 Å². The van der Waals surface area contributed by atoms with Crippen LogP contribution >= 0.6 is 43.5 Å². The summed E-state index contributed by atoms with van der Waals surface area (Å²) in [5.74, 6) is 0.